The highest BCUT2D eigenvalue weighted by molar-refractivity contribution is 7.90. The number of hydrogen-bond acceptors (Lipinski definition) is 7. The van der Waals surface area contributed by atoms with Crippen LogP contribution < -0.4 is 5.32 Å². The number of amides is 2. The number of rotatable bonds is 4. The number of nitrogens with zero attached hydrogens (tertiary/aromatic N) is 5. The van der Waals surface area contributed by atoms with Gasteiger partial charge < -0.3 is 10.2 Å². The SMILES string of the molecule is C[C@@H]1C[C@H]2C[C@@](c3ncc(S(C)(=O)=O)cn3)(C1)N2C(=O)Nc1ccc(Cl)c(-c2ncn[nH]2)c1. The fraction of sp³-hybridized carbons (Fsp3) is 0.381. The first kappa shape index (κ1) is 21.8. The number of urea groups is 1. The zero-order valence-corrected chi connectivity index (χ0v) is 19.6. The average Bonchev–Trinajstić information content (AvgIpc) is 3.28. The molecule has 6 rings (SSSR count). The predicted octanol–water partition coefficient (Wildman–Crippen LogP) is 3.25. The Morgan fingerprint density at radius 3 is 2.67 bits per heavy atom. The minimum Gasteiger partial charge on any atom is -0.308 e. The topological polar surface area (TPSA) is 134 Å². The number of carbonyl (C=O) groups is 1. The number of piperidine rings is 1. The van der Waals surface area contributed by atoms with Crippen molar-refractivity contribution in [2.24, 2.45) is 5.92 Å². The molecule has 3 aliphatic rings. The number of sulfone groups is 1. The van der Waals surface area contributed by atoms with Crippen LogP contribution in [0.1, 0.15) is 32.0 Å². The Balaban J connectivity index is 1.44. The second-order valence-corrected chi connectivity index (χ2v) is 11.2. The third kappa shape index (κ3) is 3.74. The van der Waals surface area contributed by atoms with E-state index in [-0.39, 0.29) is 17.0 Å². The van der Waals surface area contributed by atoms with Crippen LogP contribution in [0.2, 0.25) is 5.02 Å². The fourth-order valence-corrected chi connectivity index (χ4v) is 5.71. The highest BCUT2D eigenvalue weighted by Crippen LogP contribution is 2.55. The highest BCUT2D eigenvalue weighted by Gasteiger charge is 2.60. The lowest BCUT2D eigenvalue weighted by Crippen LogP contribution is -2.70. The van der Waals surface area contributed by atoms with Crippen LogP contribution in [0.15, 0.2) is 41.8 Å². The van der Waals surface area contributed by atoms with E-state index in [1.165, 1.54) is 18.7 Å². The molecule has 10 nitrogen and oxygen atoms in total. The van der Waals surface area contributed by atoms with E-state index >= 15 is 0 Å². The van der Waals surface area contributed by atoms with Gasteiger partial charge in [-0.2, -0.15) is 5.10 Å². The normalized spacial score (nSPS) is 24.3. The number of anilines is 1. The number of carbonyl (C=O) groups excluding carboxylic acids is 1. The van der Waals surface area contributed by atoms with Gasteiger partial charge in [0.2, 0.25) is 0 Å². The first-order valence-electron chi connectivity index (χ1n) is 10.5. The van der Waals surface area contributed by atoms with Crippen molar-refractivity contribution in [3.05, 3.63) is 47.8 Å². The molecule has 2 aliphatic heterocycles. The molecule has 1 aromatic carbocycles. The molecule has 3 fully saturated rings. The predicted molar refractivity (Wildman–Crippen MR) is 121 cm³/mol. The lowest BCUT2D eigenvalue weighted by atomic mass is 9.64. The van der Waals surface area contributed by atoms with Gasteiger partial charge in [0.1, 0.15) is 16.8 Å². The molecular formula is C21H22ClN7O3S. The van der Waals surface area contributed by atoms with Gasteiger partial charge in [0, 0.05) is 35.9 Å². The van der Waals surface area contributed by atoms with E-state index in [9.17, 15) is 13.2 Å². The molecule has 0 radical (unpaired) electrons. The van der Waals surface area contributed by atoms with Crippen LogP contribution in [0.3, 0.4) is 0 Å². The summed E-state index contributed by atoms with van der Waals surface area (Å²) < 4.78 is 23.6. The molecule has 12 heteroatoms. The quantitative estimate of drug-likeness (QED) is 0.576. The van der Waals surface area contributed by atoms with E-state index in [1.807, 2.05) is 0 Å². The summed E-state index contributed by atoms with van der Waals surface area (Å²) in [5.74, 6) is 1.35. The Labute approximate surface area is 195 Å². The van der Waals surface area contributed by atoms with Crippen LogP contribution in [0, 0.1) is 5.92 Å². The Morgan fingerprint density at radius 1 is 1.24 bits per heavy atom. The second kappa shape index (κ2) is 7.77. The summed E-state index contributed by atoms with van der Waals surface area (Å²) in [5.41, 5.74) is 0.527. The summed E-state index contributed by atoms with van der Waals surface area (Å²) in [6.07, 6.45) is 7.48. The van der Waals surface area contributed by atoms with Crippen LogP contribution in [-0.4, -0.2) is 56.8 Å². The summed E-state index contributed by atoms with van der Waals surface area (Å²) in [6, 6.07) is 4.95. The molecule has 4 heterocycles. The number of hydrogen-bond donors (Lipinski definition) is 2. The summed E-state index contributed by atoms with van der Waals surface area (Å²) >= 11 is 6.30. The number of aromatic nitrogens is 5. The molecule has 3 aromatic rings. The number of halogens is 1. The molecule has 172 valence electrons. The molecule has 2 saturated heterocycles. The Morgan fingerprint density at radius 2 is 2.00 bits per heavy atom. The molecular weight excluding hydrogens is 466 g/mol. The van der Waals surface area contributed by atoms with Crippen LogP contribution >= 0.6 is 11.6 Å². The van der Waals surface area contributed by atoms with E-state index < -0.39 is 15.4 Å². The van der Waals surface area contributed by atoms with E-state index in [4.69, 9.17) is 11.6 Å². The smallest absolute Gasteiger partial charge is 0.308 e. The van der Waals surface area contributed by atoms with Crippen LogP contribution in [0.5, 0.6) is 0 Å². The number of nitrogens with one attached hydrogen (secondary N) is 2. The van der Waals surface area contributed by atoms with Gasteiger partial charge in [0.05, 0.1) is 5.02 Å². The van der Waals surface area contributed by atoms with Gasteiger partial charge in [-0.15, -0.1) is 0 Å². The van der Waals surface area contributed by atoms with E-state index in [2.05, 4.69) is 37.4 Å². The van der Waals surface area contributed by atoms with E-state index in [0.29, 0.717) is 40.3 Å². The molecule has 33 heavy (non-hydrogen) atoms. The summed E-state index contributed by atoms with van der Waals surface area (Å²) in [5, 5.41) is 10.1. The van der Waals surface area contributed by atoms with Gasteiger partial charge in [-0.3, -0.25) is 5.10 Å². The lowest BCUT2D eigenvalue weighted by molar-refractivity contribution is -0.100. The number of benzene rings is 1. The lowest BCUT2D eigenvalue weighted by Gasteiger charge is -2.62. The van der Waals surface area contributed by atoms with E-state index in [0.717, 1.165) is 19.1 Å². The summed E-state index contributed by atoms with van der Waals surface area (Å²) in [4.78, 5) is 28.1. The number of fused-ring (bicyclic) bond motifs is 2. The Kier molecular flexibility index (Phi) is 5.13. The standard InChI is InChI=1S/C21H22ClN7O3S/c1-12-5-14-8-21(7-12,19-23-9-15(10-24-19)33(2,31)32)29(14)20(30)27-13-3-4-17(22)16(6-13)18-25-11-26-28-18/h3-4,6,9-12,14H,5,7-8H2,1-2H3,(H,27,30)(H,25,26,28)/t12-,14+,21-/m1/s1. The first-order valence-corrected chi connectivity index (χ1v) is 12.7. The van der Waals surface area contributed by atoms with Gasteiger partial charge >= 0.3 is 6.03 Å². The molecule has 0 spiro atoms. The molecule has 2 bridgehead atoms. The van der Waals surface area contributed by atoms with E-state index in [1.54, 1.807) is 23.1 Å². The monoisotopic (exact) mass is 487 g/mol. The van der Waals surface area contributed by atoms with Crippen molar-refractivity contribution in [1.82, 2.24) is 30.0 Å². The van der Waals surface area contributed by atoms with Crippen molar-refractivity contribution in [3.8, 4) is 11.4 Å². The largest absolute Gasteiger partial charge is 0.322 e. The van der Waals surface area contributed by atoms with Gasteiger partial charge in [-0.25, -0.2) is 28.2 Å². The van der Waals surface area contributed by atoms with Crippen LogP contribution in [0.4, 0.5) is 10.5 Å². The summed E-state index contributed by atoms with van der Waals surface area (Å²) in [7, 11) is -3.41. The summed E-state index contributed by atoms with van der Waals surface area (Å²) in [6.45, 7) is 2.14. The maximum absolute atomic E-state index is 13.4. The van der Waals surface area contributed by atoms with Crippen molar-refractivity contribution < 1.29 is 13.2 Å². The van der Waals surface area contributed by atoms with Crippen LogP contribution in [0.25, 0.3) is 11.4 Å². The van der Waals surface area contributed by atoms with Gasteiger partial charge in [0.25, 0.3) is 0 Å². The second-order valence-electron chi connectivity index (χ2n) is 8.78. The fourth-order valence-electron chi connectivity index (χ4n) is 5.01. The third-order valence-corrected chi connectivity index (χ3v) is 7.74. The van der Waals surface area contributed by atoms with Gasteiger partial charge in [-0.1, -0.05) is 18.5 Å². The van der Waals surface area contributed by atoms with Crippen LogP contribution in [-0.2, 0) is 15.4 Å². The minimum absolute atomic E-state index is 0.0551. The third-order valence-electron chi connectivity index (χ3n) is 6.34. The zero-order chi connectivity index (χ0) is 23.4. The van der Waals surface area contributed by atoms with Crippen molar-refractivity contribution in [3.63, 3.8) is 0 Å². The molecule has 2 amide bonds. The molecule has 2 N–H and O–H groups in total. The van der Waals surface area contributed by atoms with Gasteiger partial charge in [0.15, 0.2) is 21.5 Å². The Bertz CT molecular complexity index is 1310. The van der Waals surface area contributed by atoms with Crippen molar-refractivity contribution in [1.29, 1.82) is 0 Å². The molecule has 1 aliphatic carbocycles. The number of aromatic amines is 1. The molecule has 2 aromatic heterocycles. The first-order chi connectivity index (χ1) is 15.7. The zero-order valence-electron chi connectivity index (χ0n) is 18.0. The Hall–Kier alpha value is -3.05. The van der Waals surface area contributed by atoms with Crippen molar-refractivity contribution in [2.45, 2.75) is 42.7 Å². The molecule has 0 unspecified atom stereocenters. The van der Waals surface area contributed by atoms with Crippen molar-refractivity contribution in [2.75, 3.05) is 11.6 Å². The van der Waals surface area contributed by atoms with Crippen molar-refractivity contribution >= 4 is 33.2 Å². The highest BCUT2D eigenvalue weighted by atomic mass is 35.5. The van der Waals surface area contributed by atoms with Gasteiger partial charge in [-0.05, 0) is 43.4 Å². The maximum Gasteiger partial charge on any atom is 0.322 e. The molecule has 3 atom stereocenters. The number of H-pyrrole nitrogens is 1. The maximum atomic E-state index is 13.4. The minimum atomic E-state index is -3.41. The average molecular weight is 488 g/mol. The molecule has 1 saturated carbocycles.